The van der Waals surface area contributed by atoms with Crippen LogP contribution in [0.2, 0.25) is 0 Å². The number of aromatic nitrogens is 1. The van der Waals surface area contributed by atoms with E-state index >= 15 is 0 Å². The number of carboxylic acids is 1. The van der Waals surface area contributed by atoms with Gasteiger partial charge in [-0.1, -0.05) is 0 Å². The lowest BCUT2D eigenvalue weighted by Gasteiger charge is -2.12. The minimum atomic E-state index is -0.992. The van der Waals surface area contributed by atoms with Crippen molar-refractivity contribution in [3.05, 3.63) is 33.7 Å². The average molecular weight is 280 g/mol. The number of carbonyl (C=O) groups is 2. The number of carboxylic acid groups (broad SMARTS) is 1. The molecule has 2 atom stereocenters. The van der Waals surface area contributed by atoms with E-state index in [9.17, 15) is 14.4 Å². The van der Waals surface area contributed by atoms with Crippen LogP contribution in [0, 0.1) is 6.92 Å². The van der Waals surface area contributed by atoms with Gasteiger partial charge in [0.1, 0.15) is 5.56 Å². The molecule has 7 heteroatoms. The molecule has 1 aliphatic rings. The van der Waals surface area contributed by atoms with Crippen LogP contribution in [-0.2, 0) is 9.53 Å². The molecule has 7 nitrogen and oxygen atoms in total. The van der Waals surface area contributed by atoms with Crippen molar-refractivity contribution >= 4 is 11.9 Å². The normalized spacial score (nSPS) is 21.6. The van der Waals surface area contributed by atoms with Gasteiger partial charge in [-0.05, 0) is 19.8 Å². The topological polar surface area (TPSA) is 108 Å². The lowest BCUT2D eigenvalue weighted by atomic mass is 10.2. The van der Waals surface area contributed by atoms with Gasteiger partial charge in [-0.2, -0.15) is 0 Å². The molecule has 2 heterocycles. The third-order valence-corrected chi connectivity index (χ3v) is 3.18. The third kappa shape index (κ3) is 3.24. The fourth-order valence-corrected chi connectivity index (χ4v) is 2.09. The zero-order chi connectivity index (χ0) is 14.7. The van der Waals surface area contributed by atoms with Crippen molar-refractivity contribution in [2.75, 3.05) is 6.54 Å². The fourth-order valence-electron chi connectivity index (χ4n) is 2.09. The zero-order valence-electron chi connectivity index (χ0n) is 11.0. The van der Waals surface area contributed by atoms with Crippen LogP contribution in [0.1, 0.15) is 28.9 Å². The Morgan fingerprint density at radius 3 is 2.85 bits per heavy atom. The molecule has 1 saturated heterocycles. The van der Waals surface area contributed by atoms with Gasteiger partial charge >= 0.3 is 5.97 Å². The van der Waals surface area contributed by atoms with Gasteiger partial charge in [0.25, 0.3) is 5.91 Å². The lowest BCUT2D eigenvalue weighted by molar-refractivity contribution is -0.149. The summed E-state index contributed by atoms with van der Waals surface area (Å²) < 4.78 is 5.26. The Morgan fingerprint density at radius 1 is 1.50 bits per heavy atom. The predicted molar refractivity (Wildman–Crippen MR) is 69.7 cm³/mol. The average Bonchev–Trinajstić information content (AvgIpc) is 2.85. The van der Waals surface area contributed by atoms with E-state index in [-0.39, 0.29) is 23.6 Å². The van der Waals surface area contributed by atoms with Crippen LogP contribution < -0.4 is 10.7 Å². The molecule has 0 saturated carbocycles. The first-order valence-corrected chi connectivity index (χ1v) is 6.33. The summed E-state index contributed by atoms with van der Waals surface area (Å²) in [5.41, 5.74) is 0.355. The molecule has 2 unspecified atom stereocenters. The summed E-state index contributed by atoms with van der Waals surface area (Å²) in [6, 6.07) is 1.35. The minimum absolute atomic E-state index is 0.0309. The Morgan fingerprint density at radius 2 is 2.25 bits per heavy atom. The standard InChI is InChI=1S/C13H16N2O5/c1-7-4-10(16)9(6-14-7)12(17)15-5-8-2-3-11(20-8)13(18)19/h4,6,8,11H,2-3,5H2,1H3,(H,14,16)(H,15,17)(H,18,19). The number of aromatic amines is 1. The predicted octanol–water partition coefficient (Wildman–Crippen LogP) is 0.0453. The first kappa shape index (κ1) is 14.3. The number of rotatable bonds is 4. The lowest BCUT2D eigenvalue weighted by Crippen LogP contribution is -2.35. The molecule has 1 fully saturated rings. The van der Waals surface area contributed by atoms with Crippen LogP contribution in [0.15, 0.2) is 17.1 Å². The number of aryl methyl sites for hydroxylation is 1. The molecule has 2 rings (SSSR count). The van der Waals surface area contributed by atoms with Crippen LogP contribution in [0.5, 0.6) is 0 Å². The maximum Gasteiger partial charge on any atom is 0.332 e. The molecule has 3 N–H and O–H groups in total. The van der Waals surface area contributed by atoms with Crippen molar-refractivity contribution in [2.24, 2.45) is 0 Å². The Hall–Kier alpha value is -2.15. The molecule has 0 spiro atoms. The molecule has 0 aliphatic carbocycles. The summed E-state index contributed by atoms with van der Waals surface area (Å²) in [4.78, 5) is 37.0. The van der Waals surface area contributed by atoms with Gasteiger partial charge in [-0.3, -0.25) is 9.59 Å². The van der Waals surface area contributed by atoms with E-state index in [4.69, 9.17) is 9.84 Å². The van der Waals surface area contributed by atoms with Crippen LogP contribution in [0.3, 0.4) is 0 Å². The third-order valence-electron chi connectivity index (χ3n) is 3.18. The quantitative estimate of drug-likeness (QED) is 0.722. The first-order chi connectivity index (χ1) is 9.47. The number of carbonyl (C=O) groups excluding carboxylic acids is 1. The molecule has 0 bridgehead atoms. The van der Waals surface area contributed by atoms with Gasteiger partial charge in [0, 0.05) is 24.5 Å². The van der Waals surface area contributed by atoms with Crippen molar-refractivity contribution in [3.8, 4) is 0 Å². The highest BCUT2D eigenvalue weighted by atomic mass is 16.5. The van der Waals surface area contributed by atoms with Crippen LogP contribution >= 0.6 is 0 Å². The van der Waals surface area contributed by atoms with Gasteiger partial charge in [0.05, 0.1) is 6.10 Å². The Balaban J connectivity index is 1.90. The number of hydrogen-bond donors (Lipinski definition) is 3. The number of aliphatic carboxylic acids is 1. The van der Waals surface area contributed by atoms with Gasteiger partial charge in [-0.25, -0.2) is 4.79 Å². The molecule has 0 radical (unpaired) electrons. The van der Waals surface area contributed by atoms with E-state index in [1.165, 1.54) is 12.3 Å². The van der Waals surface area contributed by atoms with E-state index in [2.05, 4.69) is 10.3 Å². The number of hydrogen-bond acceptors (Lipinski definition) is 4. The Labute approximate surface area is 115 Å². The number of amides is 1. The second-order valence-corrected chi connectivity index (χ2v) is 4.77. The van der Waals surface area contributed by atoms with Crippen molar-refractivity contribution < 1.29 is 19.4 Å². The van der Waals surface area contributed by atoms with Gasteiger partial charge in [0.2, 0.25) is 0 Å². The Kier molecular flexibility index (Phi) is 4.19. The first-order valence-electron chi connectivity index (χ1n) is 6.33. The molecule has 20 heavy (non-hydrogen) atoms. The fraction of sp³-hybridized carbons (Fsp3) is 0.462. The molecule has 0 aromatic carbocycles. The highest BCUT2D eigenvalue weighted by Crippen LogP contribution is 2.19. The van der Waals surface area contributed by atoms with Gasteiger partial charge in [-0.15, -0.1) is 0 Å². The molecular formula is C13H16N2O5. The van der Waals surface area contributed by atoms with Crippen LogP contribution in [0.4, 0.5) is 0 Å². The highest BCUT2D eigenvalue weighted by Gasteiger charge is 2.30. The summed E-state index contributed by atoms with van der Waals surface area (Å²) >= 11 is 0. The SMILES string of the molecule is Cc1cc(=O)c(C(=O)NCC2CCC(C(=O)O)O2)c[nH]1. The second kappa shape index (κ2) is 5.87. The number of pyridine rings is 1. The highest BCUT2D eigenvalue weighted by molar-refractivity contribution is 5.93. The number of ether oxygens (including phenoxy) is 1. The van der Waals surface area contributed by atoms with Gasteiger partial charge in [0.15, 0.2) is 11.5 Å². The van der Waals surface area contributed by atoms with Crippen LogP contribution in [0.25, 0.3) is 0 Å². The van der Waals surface area contributed by atoms with Crippen molar-refractivity contribution in [1.82, 2.24) is 10.3 Å². The molecule has 1 aromatic heterocycles. The maximum atomic E-state index is 11.8. The van der Waals surface area contributed by atoms with Gasteiger partial charge < -0.3 is 20.1 Å². The summed E-state index contributed by atoms with van der Waals surface area (Å²) in [6.07, 6.45) is 1.23. The van der Waals surface area contributed by atoms with E-state index in [0.717, 1.165) is 0 Å². The summed E-state index contributed by atoms with van der Waals surface area (Å²) in [6.45, 7) is 1.91. The zero-order valence-corrected chi connectivity index (χ0v) is 11.0. The smallest absolute Gasteiger partial charge is 0.332 e. The van der Waals surface area contributed by atoms with Crippen molar-refractivity contribution in [3.63, 3.8) is 0 Å². The second-order valence-electron chi connectivity index (χ2n) is 4.77. The summed E-state index contributed by atoms with van der Waals surface area (Å²) in [5, 5.41) is 11.4. The number of H-pyrrole nitrogens is 1. The minimum Gasteiger partial charge on any atom is -0.479 e. The monoisotopic (exact) mass is 280 g/mol. The largest absolute Gasteiger partial charge is 0.479 e. The van der Waals surface area contributed by atoms with Crippen molar-refractivity contribution in [2.45, 2.75) is 32.0 Å². The Bertz CT molecular complexity index is 580. The summed E-state index contributed by atoms with van der Waals surface area (Å²) in [7, 11) is 0. The molecule has 108 valence electrons. The molecule has 1 aromatic rings. The molecule has 1 amide bonds. The molecular weight excluding hydrogens is 264 g/mol. The molecule has 1 aliphatic heterocycles. The van der Waals surface area contributed by atoms with E-state index < -0.39 is 18.0 Å². The number of nitrogens with one attached hydrogen (secondary N) is 2. The maximum absolute atomic E-state index is 11.8. The van der Waals surface area contributed by atoms with Crippen LogP contribution in [-0.4, -0.2) is 40.7 Å². The van der Waals surface area contributed by atoms with E-state index in [1.807, 2.05) is 0 Å². The summed E-state index contributed by atoms with van der Waals surface area (Å²) in [5.74, 6) is -1.48. The van der Waals surface area contributed by atoms with E-state index in [0.29, 0.717) is 18.5 Å². The van der Waals surface area contributed by atoms with E-state index in [1.54, 1.807) is 6.92 Å². The van der Waals surface area contributed by atoms with Crippen molar-refractivity contribution in [1.29, 1.82) is 0 Å².